The number of carbonyl (C=O) groups excluding carboxylic acids is 1. The van der Waals surface area contributed by atoms with Crippen LogP contribution in [0.3, 0.4) is 0 Å². The second-order valence-corrected chi connectivity index (χ2v) is 4.51. The highest BCUT2D eigenvalue weighted by Gasteiger charge is 2.05. The molecule has 2 rings (SSSR count). The highest BCUT2D eigenvalue weighted by Crippen LogP contribution is 2.24. The van der Waals surface area contributed by atoms with E-state index in [2.05, 4.69) is 11.6 Å². The van der Waals surface area contributed by atoms with Crippen LogP contribution in [-0.2, 0) is 9.53 Å². The maximum Gasteiger partial charge on any atom is 0.330 e. The number of carbonyl (C=O) groups is 1. The molecule has 0 radical (unpaired) electrons. The summed E-state index contributed by atoms with van der Waals surface area (Å²) in [5.41, 5.74) is 3.79. The van der Waals surface area contributed by atoms with Crippen molar-refractivity contribution in [2.24, 2.45) is 0 Å². The van der Waals surface area contributed by atoms with E-state index in [0.717, 1.165) is 27.6 Å². The minimum atomic E-state index is -0.337. The zero-order valence-electron chi connectivity index (χ0n) is 11.7. The topological polar surface area (TPSA) is 39.2 Å². The van der Waals surface area contributed by atoms with Crippen molar-refractivity contribution in [2.75, 3.05) is 6.61 Å². The molecule has 0 aliphatic heterocycles. The lowest BCUT2D eigenvalue weighted by Gasteiger charge is -2.07. The van der Waals surface area contributed by atoms with Gasteiger partial charge in [-0.2, -0.15) is 0 Å². The lowest BCUT2D eigenvalue weighted by atomic mass is 10.0. The molecule has 0 aliphatic carbocycles. The summed E-state index contributed by atoms with van der Waals surface area (Å²) in [5, 5.41) is 1.02. The van der Waals surface area contributed by atoms with Crippen molar-refractivity contribution in [3.63, 3.8) is 0 Å². The summed E-state index contributed by atoms with van der Waals surface area (Å²) in [6.07, 6.45) is 4.95. The summed E-state index contributed by atoms with van der Waals surface area (Å²) in [5.74, 6) is -0.337. The molecule has 0 unspecified atom stereocenters. The molecule has 3 heteroatoms. The van der Waals surface area contributed by atoms with Crippen LogP contribution in [0.5, 0.6) is 0 Å². The van der Waals surface area contributed by atoms with Crippen LogP contribution in [-0.4, -0.2) is 17.6 Å². The first-order chi connectivity index (χ1) is 9.61. The normalized spacial score (nSPS) is 10.9. The van der Waals surface area contributed by atoms with Gasteiger partial charge in [0.2, 0.25) is 0 Å². The molecule has 2 aromatic rings. The van der Waals surface area contributed by atoms with Gasteiger partial charge in [0.05, 0.1) is 12.1 Å². The Labute approximate surface area is 118 Å². The number of pyridine rings is 1. The predicted octanol–water partition coefficient (Wildman–Crippen LogP) is 3.84. The lowest BCUT2D eigenvalue weighted by molar-refractivity contribution is -0.137. The maximum absolute atomic E-state index is 11.4. The van der Waals surface area contributed by atoms with Crippen molar-refractivity contribution in [3.05, 3.63) is 54.2 Å². The Bertz CT molecular complexity index is 686. The van der Waals surface area contributed by atoms with Crippen LogP contribution in [0.1, 0.15) is 25.0 Å². The van der Waals surface area contributed by atoms with Crippen molar-refractivity contribution >= 4 is 28.5 Å². The van der Waals surface area contributed by atoms with Gasteiger partial charge in [0, 0.05) is 23.2 Å². The van der Waals surface area contributed by atoms with E-state index in [9.17, 15) is 4.79 Å². The molecule has 0 bridgehead atoms. The van der Waals surface area contributed by atoms with Crippen molar-refractivity contribution in [2.45, 2.75) is 13.8 Å². The molecule has 0 fully saturated rings. The zero-order valence-corrected chi connectivity index (χ0v) is 11.7. The van der Waals surface area contributed by atoms with Gasteiger partial charge < -0.3 is 4.74 Å². The molecule has 1 aromatic carbocycles. The molecular weight excluding hydrogens is 250 g/mol. The van der Waals surface area contributed by atoms with Crippen LogP contribution in [0.2, 0.25) is 0 Å². The first-order valence-electron chi connectivity index (χ1n) is 6.51. The summed E-state index contributed by atoms with van der Waals surface area (Å²) < 4.78 is 4.87. The summed E-state index contributed by atoms with van der Waals surface area (Å²) in [4.78, 5) is 15.8. The Kier molecular flexibility index (Phi) is 4.31. The molecule has 0 saturated heterocycles. The third kappa shape index (κ3) is 3.12. The van der Waals surface area contributed by atoms with Crippen molar-refractivity contribution in [1.29, 1.82) is 0 Å². The molecule has 0 spiro atoms. The van der Waals surface area contributed by atoms with E-state index >= 15 is 0 Å². The number of benzene rings is 1. The van der Waals surface area contributed by atoms with Gasteiger partial charge in [-0.1, -0.05) is 12.6 Å². The molecule has 1 aromatic heterocycles. The largest absolute Gasteiger partial charge is 0.463 e. The smallest absolute Gasteiger partial charge is 0.330 e. The number of hydrogen-bond acceptors (Lipinski definition) is 3. The van der Waals surface area contributed by atoms with E-state index in [4.69, 9.17) is 4.74 Å². The molecule has 0 atom stereocenters. The van der Waals surface area contributed by atoms with Crippen LogP contribution in [0.25, 0.3) is 22.6 Å². The summed E-state index contributed by atoms with van der Waals surface area (Å²) in [6.45, 7) is 8.09. The first kappa shape index (κ1) is 14.0. The Balaban J connectivity index is 2.45. The molecule has 0 saturated carbocycles. The molecule has 102 valence electrons. The minimum absolute atomic E-state index is 0.337. The average Bonchev–Trinajstić information content (AvgIpc) is 2.44. The van der Waals surface area contributed by atoms with E-state index in [-0.39, 0.29) is 5.97 Å². The fraction of sp³-hybridized carbons (Fsp3) is 0.176. The van der Waals surface area contributed by atoms with Crippen LogP contribution in [0.4, 0.5) is 0 Å². The van der Waals surface area contributed by atoms with E-state index < -0.39 is 0 Å². The molecule has 0 aliphatic rings. The molecule has 20 heavy (non-hydrogen) atoms. The van der Waals surface area contributed by atoms with E-state index in [1.54, 1.807) is 19.2 Å². The number of aromatic nitrogens is 1. The Morgan fingerprint density at radius 3 is 2.95 bits per heavy atom. The van der Waals surface area contributed by atoms with Gasteiger partial charge >= 0.3 is 5.97 Å². The maximum atomic E-state index is 11.4. The number of hydrogen-bond donors (Lipinski definition) is 0. The lowest BCUT2D eigenvalue weighted by Crippen LogP contribution is -1.98. The van der Waals surface area contributed by atoms with Crippen LogP contribution in [0, 0.1) is 0 Å². The highest BCUT2D eigenvalue weighted by atomic mass is 16.5. The fourth-order valence-corrected chi connectivity index (χ4v) is 1.99. The third-order valence-corrected chi connectivity index (χ3v) is 2.89. The van der Waals surface area contributed by atoms with E-state index in [1.807, 2.05) is 31.2 Å². The molecule has 0 amide bonds. The van der Waals surface area contributed by atoms with E-state index in [1.165, 1.54) is 6.08 Å². The summed E-state index contributed by atoms with van der Waals surface area (Å²) in [7, 11) is 0. The third-order valence-electron chi connectivity index (χ3n) is 2.89. The number of ether oxygens (including phenoxy) is 1. The standard InChI is InChI=1S/C17H17NO2/c1-4-20-16(19)8-7-13-10-14-6-5-9-18-17(14)15(11-13)12(2)3/h5-11H,2,4H2,1,3H3/b8-7+. The molecule has 3 nitrogen and oxygen atoms in total. The van der Waals surface area contributed by atoms with Crippen molar-refractivity contribution < 1.29 is 9.53 Å². The monoisotopic (exact) mass is 267 g/mol. The summed E-state index contributed by atoms with van der Waals surface area (Å²) >= 11 is 0. The Morgan fingerprint density at radius 2 is 2.25 bits per heavy atom. The Morgan fingerprint density at radius 1 is 1.45 bits per heavy atom. The number of fused-ring (bicyclic) bond motifs is 1. The highest BCUT2D eigenvalue weighted by molar-refractivity contribution is 5.93. The number of rotatable bonds is 4. The average molecular weight is 267 g/mol. The second-order valence-electron chi connectivity index (χ2n) is 4.51. The van der Waals surface area contributed by atoms with Gasteiger partial charge in [0.1, 0.15) is 0 Å². The quantitative estimate of drug-likeness (QED) is 0.624. The second kappa shape index (κ2) is 6.15. The van der Waals surface area contributed by atoms with Crippen LogP contribution in [0.15, 0.2) is 43.1 Å². The van der Waals surface area contributed by atoms with Gasteiger partial charge in [-0.3, -0.25) is 4.98 Å². The van der Waals surface area contributed by atoms with Gasteiger partial charge in [-0.25, -0.2) is 4.79 Å². The fourth-order valence-electron chi connectivity index (χ4n) is 1.99. The van der Waals surface area contributed by atoms with Crippen molar-refractivity contribution in [1.82, 2.24) is 4.98 Å². The van der Waals surface area contributed by atoms with E-state index in [0.29, 0.717) is 6.61 Å². The number of allylic oxidation sites excluding steroid dienone is 1. The zero-order chi connectivity index (χ0) is 14.5. The number of esters is 1. The SMILES string of the molecule is C=C(C)c1cc(/C=C/C(=O)OCC)cc2cccnc12. The summed E-state index contributed by atoms with van der Waals surface area (Å²) in [6, 6.07) is 7.86. The van der Waals surface area contributed by atoms with Crippen LogP contribution < -0.4 is 0 Å². The number of nitrogens with zero attached hydrogens (tertiary/aromatic N) is 1. The van der Waals surface area contributed by atoms with Crippen molar-refractivity contribution in [3.8, 4) is 0 Å². The van der Waals surface area contributed by atoms with Gasteiger partial charge in [0.15, 0.2) is 0 Å². The molecular formula is C17H17NO2. The molecule has 0 N–H and O–H groups in total. The minimum Gasteiger partial charge on any atom is -0.463 e. The predicted molar refractivity (Wildman–Crippen MR) is 82.1 cm³/mol. The molecule has 1 heterocycles. The van der Waals surface area contributed by atoms with Gasteiger partial charge in [0.25, 0.3) is 0 Å². The van der Waals surface area contributed by atoms with Gasteiger partial charge in [-0.15, -0.1) is 0 Å². The van der Waals surface area contributed by atoms with Crippen LogP contribution >= 0.6 is 0 Å². The first-order valence-corrected chi connectivity index (χ1v) is 6.51. The Hall–Kier alpha value is -2.42. The van der Waals surface area contributed by atoms with Gasteiger partial charge in [-0.05, 0) is 49.3 Å².